The highest BCUT2D eigenvalue weighted by Crippen LogP contribution is 2.42. The minimum absolute atomic E-state index is 0.178. The molecule has 0 spiro atoms. The van der Waals surface area contributed by atoms with Crippen LogP contribution in [0.5, 0.6) is 5.75 Å². The minimum atomic E-state index is -0.178. The Labute approximate surface area is 221 Å². The van der Waals surface area contributed by atoms with E-state index < -0.39 is 0 Å². The Morgan fingerprint density at radius 1 is 1.08 bits per heavy atom. The standard InChI is InChI=1S/C30H32N2O2S2/c1-4-5-17-33-23-15-13-22(14-16-23)27-31-28(35-18-9-12-21-10-7-6-8-11-21)26-24-19-30(2,3)34-20-25(24)36-29(26)32-27/h6-16H,4-5,17-20H2,1-3H3. The maximum atomic E-state index is 6.11. The van der Waals surface area contributed by atoms with E-state index in [1.807, 2.05) is 18.2 Å². The van der Waals surface area contributed by atoms with Gasteiger partial charge < -0.3 is 9.47 Å². The van der Waals surface area contributed by atoms with Gasteiger partial charge in [-0.3, -0.25) is 0 Å². The number of benzene rings is 2. The zero-order valence-electron chi connectivity index (χ0n) is 21.1. The van der Waals surface area contributed by atoms with E-state index in [0.29, 0.717) is 6.61 Å². The fourth-order valence-electron chi connectivity index (χ4n) is 4.26. The number of thioether (sulfide) groups is 1. The Morgan fingerprint density at radius 2 is 1.89 bits per heavy atom. The SMILES string of the molecule is CCCCOc1ccc(-c2nc(SCC=Cc3ccccc3)c3c4c(sc3n2)COC(C)(C)C4)cc1. The summed E-state index contributed by atoms with van der Waals surface area (Å²) < 4.78 is 12.0. The molecule has 0 unspecified atom stereocenters. The molecule has 0 radical (unpaired) electrons. The van der Waals surface area contributed by atoms with Gasteiger partial charge in [0, 0.05) is 28.0 Å². The first-order valence-corrected chi connectivity index (χ1v) is 14.4. The molecule has 0 aliphatic carbocycles. The van der Waals surface area contributed by atoms with Crippen LogP contribution in [0.3, 0.4) is 0 Å². The van der Waals surface area contributed by atoms with Gasteiger partial charge in [0.15, 0.2) is 5.82 Å². The third-order valence-corrected chi connectivity index (χ3v) is 8.23. The quantitative estimate of drug-likeness (QED) is 0.127. The number of ether oxygens (including phenoxy) is 2. The Balaban J connectivity index is 1.46. The summed E-state index contributed by atoms with van der Waals surface area (Å²) in [5, 5.41) is 2.25. The lowest BCUT2D eigenvalue weighted by atomic mass is 9.94. The lowest BCUT2D eigenvalue weighted by molar-refractivity contribution is -0.0379. The van der Waals surface area contributed by atoms with E-state index in [9.17, 15) is 0 Å². The summed E-state index contributed by atoms with van der Waals surface area (Å²) in [6.45, 7) is 7.88. The number of unbranched alkanes of at least 4 members (excludes halogenated alkanes) is 1. The third kappa shape index (κ3) is 5.83. The van der Waals surface area contributed by atoms with Crippen LogP contribution in [0.2, 0.25) is 0 Å². The van der Waals surface area contributed by atoms with Crippen molar-refractivity contribution in [3.05, 3.63) is 76.7 Å². The first-order valence-electron chi connectivity index (χ1n) is 12.6. The predicted octanol–water partition coefficient (Wildman–Crippen LogP) is 8.19. The summed E-state index contributed by atoms with van der Waals surface area (Å²) in [5.41, 5.74) is 3.39. The van der Waals surface area contributed by atoms with Crippen molar-refractivity contribution < 1.29 is 9.47 Å². The number of hydrogen-bond donors (Lipinski definition) is 0. The fraction of sp³-hybridized carbons (Fsp3) is 0.333. The molecule has 36 heavy (non-hydrogen) atoms. The zero-order chi connectivity index (χ0) is 25.0. The average Bonchev–Trinajstić information content (AvgIpc) is 3.24. The zero-order valence-corrected chi connectivity index (χ0v) is 22.8. The van der Waals surface area contributed by atoms with Crippen molar-refractivity contribution in [3.63, 3.8) is 0 Å². The van der Waals surface area contributed by atoms with Crippen LogP contribution >= 0.6 is 23.1 Å². The molecule has 4 aromatic rings. The van der Waals surface area contributed by atoms with Gasteiger partial charge in [0.2, 0.25) is 0 Å². The molecule has 5 rings (SSSR count). The highest BCUT2D eigenvalue weighted by molar-refractivity contribution is 7.99. The van der Waals surface area contributed by atoms with Crippen LogP contribution in [0.25, 0.3) is 27.7 Å². The predicted molar refractivity (Wildman–Crippen MR) is 152 cm³/mol. The van der Waals surface area contributed by atoms with Crippen molar-refractivity contribution in [1.29, 1.82) is 0 Å². The Hall–Kier alpha value is -2.67. The highest BCUT2D eigenvalue weighted by atomic mass is 32.2. The molecule has 2 aromatic heterocycles. The van der Waals surface area contributed by atoms with E-state index in [1.165, 1.54) is 21.4 Å². The van der Waals surface area contributed by atoms with Gasteiger partial charge >= 0.3 is 0 Å². The number of hydrogen-bond acceptors (Lipinski definition) is 6. The molecule has 0 fully saturated rings. The second kappa shape index (κ2) is 11.2. The van der Waals surface area contributed by atoms with Crippen LogP contribution in [-0.2, 0) is 17.8 Å². The molecule has 0 saturated carbocycles. The van der Waals surface area contributed by atoms with Crippen LogP contribution in [0.15, 0.2) is 65.7 Å². The molecule has 0 atom stereocenters. The topological polar surface area (TPSA) is 44.2 Å². The van der Waals surface area contributed by atoms with Gasteiger partial charge in [-0.2, -0.15) is 0 Å². The molecule has 186 valence electrons. The monoisotopic (exact) mass is 516 g/mol. The second-order valence-electron chi connectivity index (χ2n) is 9.61. The van der Waals surface area contributed by atoms with Gasteiger partial charge in [0.1, 0.15) is 15.6 Å². The number of aromatic nitrogens is 2. The summed E-state index contributed by atoms with van der Waals surface area (Å²) in [6, 6.07) is 18.6. The van der Waals surface area contributed by atoms with E-state index >= 15 is 0 Å². The van der Waals surface area contributed by atoms with Crippen molar-refractivity contribution in [3.8, 4) is 17.1 Å². The van der Waals surface area contributed by atoms with Gasteiger partial charge in [-0.25, -0.2) is 9.97 Å². The molecule has 0 N–H and O–H groups in total. The Bertz CT molecular complexity index is 1350. The summed E-state index contributed by atoms with van der Waals surface area (Å²) in [6.07, 6.45) is 7.44. The molecular weight excluding hydrogens is 484 g/mol. The van der Waals surface area contributed by atoms with Crippen molar-refractivity contribution >= 4 is 39.4 Å². The van der Waals surface area contributed by atoms with Gasteiger partial charge in [-0.1, -0.05) is 55.8 Å². The number of thiophene rings is 1. The van der Waals surface area contributed by atoms with Crippen molar-refractivity contribution in [2.75, 3.05) is 12.4 Å². The van der Waals surface area contributed by atoms with Crippen LogP contribution in [0.1, 0.15) is 49.6 Å². The largest absolute Gasteiger partial charge is 0.494 e. The maximum Gasteiger partial charge on any atom is 0.162 e. The van der Waals surface area contributed by atoms with Gasteiger partial charge in [0.25, 0.3) is 0 Å². The molecule has 1 aliphatic rings. The molecule has 2 aromatic carbocycles. The second-order valence-corrected chi connectivity index (χ2v) is 11.7. The molecule has 0 saturated heterocycles. The molecule has 1 aliphatic heterocycles. The van der Waals surface area contributed by atoms with E-state index in [0.717, 1.165) is 58.6 Å². The van der Waals surface area contributed by atoms with Crippen LogP contribution in [0, 0.1) is 0 Å². The normalized spacial score (nSPS) is 14.9. The number of rotatable bonds is 9. The van der Waals surface area contributed by atoms with Gasteiger partial charge in [-0.05, 0) is 55.7 Å². The molecule has 0 amide bonds. The fourth-order valence-corrected chi connectivity index (χ4v) is 6.29. The van der Waals surface area contributed by atoms with E-state index in [2.05, 4.69) is 69.3 Å². The molecule has 3 heterocycles. The van der Waals surface area contributed by atoms with Crippen molar-refractivity contribution in [1.82, 2.24) is 9.97 Å². The van der Waals surface area contributed by atoms with Crippen LogP contribution in [-0.4, -0.2) is 27.9 Å². The molecular formula is C30H32N2O2S2. The summed E-state index contributed by atoms with van der Waals surface area (Å²) in [4.78, 5) is 12.4. The van der Waals surface area contributed by atoms with Crippen LogP contribution < -0.4 is 4.74 Å². The number of nitrogens with zero attached hydrogens (tertiary/aromatic N) is 2. The number of fused-ring (bicyclic) bond motifs is 3. The Morgan fingerprint density at radius 3 is 2.67 bits per heavy atom. The van der Waals surface area contributed by atoms with Crippen molar-refractivity contribution in [2.45, 2.75) is 57.3 Å². The molecule has 6 heteroatoms. The third-order valence-electron chi connectivity index (χ3n) is 6.20. The van der Waals surface area contributed by atoms with E-state index in [-0.39, 0.29) is 5.60 Å². The lowest BCUT2D eigenvalue weighted by Gasteiger charge is -2.30. The van der Waals surface area contributed by atoms with E-state index in [1.54, 1.807) is 23.1 Å². The smallest absolute Gasteiger partial charge is 0.162 e. The summed E-state index contributed by atoms with van der Waals surface area (Å²) in [7, 11) is 0. The Kier molecular flexibility index (Phi) is 7.75. The van der Waals surface area contributed by atoms with Crippen molar-refractivity contribution in [2.24, 2.45) is 0 Å². The molecule has 0 bridgehead atoms. The lowest BCUT2D eigenvalue weighted by Crippen LogP contribution is -2.31. The summed E-state index contributed by atoms with van der Waals surface area (Å²) >= 11 is 3.52. The van der Waals surface area contributed by atoms with Crippen LogP contribution in [0.4, 0.5) is 0 Å². The van der Waals surface area contributed by atoms with Gasteiger partial charge in [0.05, 0.1) is 18.8 Å². The highest BCUT2D eigenvalue weighted by Gasteiger charge is 2.31. The maximum absolute atomic E-state index is 6.11. The first kappa shape index (κ1) is 25.0. The van der Waals surface area contributed by atoms with E-state index in [4.69, 9.17) is 19.4 Å². The molecule has 4 nitrogen and oxygen atoms in total. The summed E-state index contributed by atoms with van der Waals surface area (Å²) in [5.74, 6) is 2.49. The first-order chi connectivity index (χ1) is 17.5. The average molecular weight is 517 g/mol. The minimum Gasteiger partial charge on any atom is -0.494 e. The van der Waals surface area contributed by atoms with Gasteiger partial charge in [-0.15, -0.1) is 23.1 Å².